The zero-order valence-electron chi connectivity index (χ0n) is 13.0. The number of aromatic nitrogens is 2. The number of ether oxygens (including phenoxy) is 2. The molecule has 0 bridgehead atoms. The first kappa shape index (κ1) is 15.8. The molecule has 1 aromatic carbocycles. The van der Waals surface area contributed by atoms with Crippen molar-refractivity contribution in [3.8, 4) is 17.1 Å². The Hall–Kier alpha value is -2.57. The minimum atomic E-state index is -0.554. The average Bonchev–Trinajstić information content (AvgIpc) is 2.92. The van der Waals surface area contributed by atoms with Crippen LogP contribution in [0, 0.1) is 0 Å². The van der Waals surface area contributed by atoms with Crippen molar-refractivity contribution in [2.75, 3.05) is 7.11 Å². The molecule has 7 heteroatoms. The monoisotopic (exact) mass is 305 g/mol. The van der Waals surface area contributed by atoms with Gasteiger partial charge >= 0.3 is 6.09 Å². The molecule has 0 aliphatic rings. The third-order valence-electron chi connectivity index (χ3n) is 2.60. The summed E-state index contributed by atoms with van der Waals surface area (Å²) < 4.78 is 15.5. The van der Waals surface area contributed by atoms with Gasteiger partial charge in [-0.15, -0.1) is 0 Å². The molecule has 1 N–H and O–H groups in total. The first-order valence-corrected chi connectivity index (χ1v) is 6.82. The Bertz CT molecular complexity index is 646. The molecule has 118 valence electrons. The van der Waals surface area contributed by atoms with E-state index < -0.39 is 11.7 Å². The van der Waals surface area contributed by atoms with E-state index >= 15 is 0 Å². The Labute approximate surface area is 128 Å². The number of para-hydroxylation sites is 1. The number of carbonyl (C=O) groups is 1. The van der Waals surface area contributed by atoms with E-state index in [4.69, 9.17) is 14.0 Å². The summed E-state index contributed by atoms with van der Waals surface area (Å²) in [4.78, 5) is 15.8. The number of nitrogens with zero attached hydrogens (tertiary/aromatic N) is 2. The van der Waals surface area contributed by atoms with Crippen LogP contribution in [0.3, 0.4) is 0 Å². The summed E-state index contributed by atoms with van der Waals surface area (Å²) in [6.07, 6.45) is -0.537. The highest BCUT2D eigenvalue weighted by Crippen LogP contribution is 2.26. The first-order valence-electron chi connectivity index (χ1n) is 6.82. The summed E-state index contributed by atoms with van der Waals surface area (Å²) in [5.74, 6) is 1.33. The maximum absolute atomic E-state index is 11.6. The highest BCUT2D eigenvalue weighted by Gasteiger charge is 2.17. The van der Waals surface area contributed by atoms with Crippen molar-refractivity contribution in [1.82, 2.24) is 15.5 Å². The predicted molar refractivity (Wildman–Crippen MR) is 79.4 cm³/mol. The molecule has 0 aliphatic heterocycles. The molecule has 7 nitrogen and oxygen atoms in total. The van der Waals surface area contributed by atoms with Gasteiger partial charge in [-0.25, -0.2) is 4.79 Å². The van der Waals surface area contributed by atoms with Gasteiger partial charge in [0.1, 0.15) is 17.9 Å². The SMILES string of the molecule is COc1ccccc1-c1noc(CNC(=O)OC(C)(C)C)n1. The van der Waals surface area contributed by atoms with Gasteiger partial charge in [-0.1, -0.05) is 17.3 Å². The van der Waals surface area contributed by atoms with Gasteiger partial charge < -0.3 is 19.3 Å². The smallest absolute Gasteiger partial charge is 0.408 e. The minimum absolute atomic E-state index is 0.0943. The Balaban J connectivity index is 2.02. The molecule has 1 amide bonds. The van der Waals surface area contributed by atoms with Crippen LogP contribution < -0.4 is 10.1 Å². The lowest BCUT2D eigenvalue weighted by Gasteiger charge is -2.19. The zero-order valence-corrected chi connectivity index (χ0v) is 13.0. The van der Waals surface area contributed by atoms with Gasteiger partial charge in [0.05, 0.1) is 12.7 Å². The first-order chi connectivity index (χ1) is 10.4. The second kappa shape index (κ2) is 6.46. The van der Waals surface area contributed by atoms with Crippen LogP contribution in [0.15, 0.2) is 28.8 Å². The minimum Gasteiger partial charge on any atom is -0.496 e. The number of alkyl carbamates (subject to hydrolysis) is 1. The molecule has 0 saturated carbocycles. The number of hydrogen-bond acceptors (Lipinski definition) is 6. The molecule has 0 atom stereocenters. The van der Waals surface area contributed by atoms with Crippen LogP contribution in [0.5, 0.6) is 5.75 Å². The third kappa shape index (κ3) is 4.21. The molecule has 0 unspecified atom stereocenters. The maximum Gasteiger partial charge on any atom is 0.408 e. The van der Waals surface area contributed by atoms with Crippen molar-refractivity contribution in [1.29, 1.82) is 0 Å². The van der Waals surface area contributed by atoms with E-state index in [0.717, 1.165) is 5.56 Å². The largest absolute Gasteiger partial charge is 0.496 e. The number of carbonyl (C=O) groups excluding carboxylic acids is 1. The predicted octanol–water partition coefficient (Wildman–Crippen LogP) is 2.77. The second-order valence-corrected chi connectivity index (χ2v) is 5.57. The summed E-state index contributed by atoms with van der Waals surface area (Å²) in [5.41, 5.74) is 0.166. The lowest BCUT2D eigenvalue weighted by atomic mass is 10.2. The van der Waals surface area contributed by atoms with Crippen molar-refractivity contribution >= 4 is 6.09 Å². The zero-order chi connectivity index (χ0) is 16.2. The van der Waals surface area contributed by atoms with Gasteiger partial charge in [-0.3, -0.25) is 0 Å². The molecule has 1 heterocycles. The lowest BCUT2D eigenvalue weighted by molar-refractivity contribution is 0.0518. The number of hydrogen-bond donors (Lipinski definition) is 1. The molecule has 2 aromatic rings. The quantitative estimate of drug-likeness (QED) is 0.934. The van der Waals surface area contributed by atoms with Crippen LogP contribution in [0.25, 0.3) is 11.4 Å². The van der Waals surface area contributed by atoms with Gasteiger partial charge in [0.15, 0.2) is 0 Å². The van der Waals surface area contributed by atoms with E-state index in [0.29, 0.717) is 11.6 Å². The molecular weight excluding hydrogens is 286 g/mol. The van der Waals surface area contributed by atoms with Crippen LogP contribution in [0.2, 0.25) is 0 Å². The molecule has 0 fully saturated rings. The van der Waals surface area contributed by atoms with Crippen molar-refractivity contribution in [2.24, 2.45) is 0 Å². The van der Waals surface area contributed by atoms with E-state index in [1.807, 2.05) is 24.3 Å². The maximum atomic E-state index is 11.6. The van der Waals surface area contributed by atoms with Crippen LogP contribution in [0.4, 0.5) is 4.79 Å². The number of nitrogens with one attached hydrogen (secondary N) is 1. The van der Waals surface area contributed by atoms with Gasteiger partial charge in [0.25, 0.3) is 0 Å². The average molecular weight is 305 g/mol. The van der Waals surface area contributed by atoms with Crippen LogP contribution in [-0.4, -0.2) is 28.9 Å². The molecule has 2 rings (SSSR count). The van der Waals surface area contributed by atoms with Gasteiger partial charge in [0.2, 0.25) is 11.7 Å². The van der Waals surface area contributed by atoms with E-state index in [1.54, 1.807) is 27.9 Å². The Kier molecular flexibility index (Phi) is 4.65. The van der Waals surface area contributed by atoms with Crippen molar-refractivity contribution in [3.05, 3.63) is 30.2 Å². The van der Waals surface area contributed by atoms with Gasteiger partial charge in [0, 0.05) is 0 Å². The second-order valence-electron chi connectivity index (χ2n) is 5.57. The number of amides is 1. The topological polar surface area (TPSA) is 86.5 Å². The highest BCUT2D eigenvalue weighted by atomic mass is 16.6. The Morgan fingerprint density at radius 2 is 2.05 bits per heavy atom. The van der Waals surface area contributed by atoms with Gasteiger partial charge in [-0.05, 0) is 32.9 Å². The molecule has 0 aliphatic carbocycles. The van der Waals surface area contributed by atoms with Crippen LogP contribution >= 0.6 is 0 Å². The molecular formula is C15H19N3O4. The summed E-state index contributed by atoms with van der Waals surface area (Å²) in [6.45, 7) is 5.47. The Morgan fingerprint density at radius 3 is 2.73 bits per heavy atom. The fraction of sp³-hybridized carbons (Fsp3) is 0.400. The molecule has 0 saturated heterocycles. The van der Waals surface area contributed by atoms with Crippen molar-refractivity contribution < 1.29 is 18.8 Å². The number of rotatable bonds is 4. The molecule has 1 aromatic heterocycles. The Morgan fingerprint density at radius 1 is 1.32 bits per heavy atom. The molecule has 0 spiro atoms. The van der Waals surface area contributed by atoms with E-state index in [9.17, 15) is 4.79 Å². The summed E-state index contributed by atoms with van der Waals surface area (Å²) in [5, 5.41) is 6.45. The number of benzene rings is 1. The normalized spacial score (nSPS) is 11.1. The van der Waals surface area contributed by atoms with E-state index in [-0.39, 0.29) is 12.4 Å². The van der Waals surface area contributed by atoms with E-state index in [2.05, 4.69) is 15.5 Å². The molecule has 0 radical (unpaired) electrons. The fourth-order valence-electron chi connectivity index (χ4n) is 1.73. The fourth-order valence-corrected chi connectivity index (χ4v) is 1.73. The van der Waals surface area contributed by atoms with Gasteiger partial charge in [-0.2, -0.15) is 4.98 Å². The highest BCUT2D eigenvalue weighted by molar-refractivity contribution is 5.67. The standard InChI is InChI=1S/C15H19N3O4/c1-15(2,3)21-14(19)16-9-12-17-13(18-22-12)10-7-5-6-8-11(10)20-4/h5-8H,9H2,1-4H3,(H,16,19). The molecule has 22 heavy (non-hydrogen) atoms. The van der Waals surface area contributed by atoms with Crippen molar-refractivity contribution in [3.63, 3.8) is 0 Å². The van der Waals surface area contributed by atoms with Crippen molar-refractivity contribution in [2.45, 2.75) is 32.9 Å². The summed E-state index contributed by atoms with van der Waals surface area (Å²) >= 11 is 0. The van der Waals surface area contributed by atoms with Crippen LogP contribution in [-0.2, 0) is 11.3 Å². The summed E-state index contributed by atoms with van der Waals surface area (Å²) in [6, 6.07) is 7.35. The van der Waals surface area contributed by atoms with E-state index in [1.165, 1.54) is 0 Å². The number of methoxy groups -OCH3 is 1. The third-order valence-corrected chi connectivity index (χ3v) is 2.60. The summed E-state index contributed by atoms with van der Waals surface area (Å²) in [7, 11) is 1.57. The van der Waals surface area contributed by atoms with Crippen LogP contribution in [0.1, 0.15) is 26.7 Å². The lowest BCUT2D eigenvalue weighted by Crippen LogP contribution is -2.32.